The number of amides is 1. The predicted molar refractivity (Wildman–Crippen MR) is 119 cm³/mol. The number of nitrogens with one attached hydrogen (secondary N) is 1. The van der Waals surface area contributed by atoms with E-state index < -0.39 is 0 Å². The standard InChI is InChI=1S/C24H32N4O3/c1-16-19-5-4-6-20(19)27-23(26-16)9-12-25-24(29)17-7-8-21(22(15-17)30-3)31-18-10-13-28(2)14-11-18/h7-8,15,18H,4-6,9-14H2,1-3H3,(H,25,29). The largest absolute Gasteiger partial charge is 0.493 e. The van der Waals surface area contributed by atoms with Gasteiger partial charge in [-0.25, -0.2) is 9.97 Å². The summed E-state index contributed by atoms with van der Waals surface area (Å²) in [6, 6.07) is 5.37. The maximum Gasteiger partial charge on any atom is 0.251 e. The zero-order valence-electron chi connectivity index (χ0n) is 18.7. The molecule has 166 valence electrons. The Balaban J connectivity index is 1.33. The molecule has 31 heavy (non-hydrogen) atoms. The molecule has 2 aliphatic rings. The quantitative estimate of drug-likeness (QED) is 0.737. The van der Waals surface area contributed by atoms with E-state index in [4.69, 9.17) is 9.47 Å². The van der Waals surface area contributed by atoms with Crippen LogP contribution in [0.2, 0.25) is 0 Å². The lowest BCUT2D eigenvalue weighted by molar-refractivity contribution is 0.0953. The molecule has 1 saturated heterocycles. The SMILES string of the molecule is COc1cc(C(=O)NCCc2nc(C)c3c(n2)CCC3)ccc1OC1CCN(C)CC1. The molecule has 7 heteroatoms. The molecule has 2 heterocycles. The second-order valence-corrected chi connectivity index (χ2v) is 8.50. The summed E-state index contributed by atoms with van der Waals surface area (Å²) < 4.78 is 11.6. The first-order chi connectivity index (χ1) is 15.0. The summed E-state index contributed by atoms with van der Waals surface area (Å²) in [7, 11) is 3.73. The molecule has 0 unspecified atom stereocenters. The third-order valence-electron chi connectivity index (χ3n) is 6.21. The van der Waals surface area contributed by atoms with Crippen LogP contribution >= 0.6 is 0 Å². The number of hydrogen-bond acceptors (Lipinski definition) is 6. The number of rotatable bonds is 7. The number of fused-ring (bicyclic) bond motifs is 1. The van der Waals surface area contributed by atoms with Gasteiger partial charge in [0.05, 0.1) is 7.11 Å². The molecule has 1 aromatic heterocycles. The summed E-state index contributed by atoms with van der Waals surface area (Å²) in [5.41, 5.74) is 4.12. The van der Waals surface area contributed by atoms with Gasteiger partial charge in [0.1, 0.15) is 11.9 Å². The molecule has 0 radical (unpaired) electrons. The molecule has 2 aromatic rings. The Labute approximate surface area is 184 Å². The van der Waals surface area contributed by atoms with Crippen LogP contribution in [0.5, 0.6) is 11.5 Å². The van der Waals surface area contributed by atoms with Crippen molar-refractivity contribution in [3.05, 3.63) is 46.5 Å². The van der Waals surface area contributed by atoms with Crippen LogP contribution in [-0.2, 0) is 19.3 Å². The maximum atomic E-state index is 12.6. The molecule has 0 saturated carbocycles. The van der Waals surface area contributed by atoms with Crippen molar-refractivity contribution in [2.45, 2.75) is 51.6 Å². The first-order valence-electron chi connectivity index (χ1n) is 11.2. The van der Waals surface area contributed by atoms with Crippen LogP contribution in [0.1, 0.15) is 52.4 Å². The number of methoxy groups -OCH3 is 1. The zero-order valence-corrected chi connectivity index (χ0v) is 18.7. The van der Waals surface area contributed by atoms with E-state index in [1.54, 1.807) is 19.2 Å². The van der Waals surface area contributed by atoms with Crippen LogP contribution < -0.4 is 14.8 Å². The van der Waals surface area contributed by atoms with Crippen molar-refractivity contribution in [2.24, 2.45) is 0 Å². The Morgan fingerprint density at radius 2 is 2.00 bits per heavy atom. The van der Waals surface area contributed by atoms with Crippen molar-refractivity contribution >= 4 is 5.91 Å². The summed E-state index contributed by atoms with van der Waals surface area (Å²) >= 11 is 0. The number of carbonyl (C=O) groups is 1. The number of ether oxygens (including phenoxy) is 2. The van der Waals surface area contributed by atoms with Crippen molar-refractivity contribution < 1.29 is 14.3 Å². The number of nitrogens with zero attached hydrogens (tertiary/aromatic N) is 3. The van der Waals surface area contributed by atoms with Gasteiger partial charge in [-0.05, 0) is 69.8 Å². The fraction of sp³-hybridized carbons (Fsp3) is 0.542. The van der Waals surface area contributed by atoms with Gasteiger partial charge in [0.2, 0.25) is 0 Å². The number of hydrogen-bond donors (Lipinski definition) is 1. The molecule has 0 atom stereocenters. The van der Waals surface area contributed by atoms with Gasteiger partial charge in [-0.2, -0.15) is 0 Å². The third kappa shape index (κ3) is 5.15. The van der Waals surface area contributed by atoms with E-state index in [2.05, 4.69) is 34.2 Å². The zero-order chi connectivity index (χ0) is 21.8. The van der Waals surface area contributed by atoms with Crippen molar-refractivity contribution in [2.75, 3.05) is 33.8 Å². The fourth-order valence-corrected chi connectivity index (χ4v) is 4.37. The number of aryl methyl sites for hydroxylation is 2. The third-order valence-corrected chi connectivity index (χ3v) is 6.21. The van der Waals surface area contributed by atoms with E-state index in [-0.39, 0.29) is 12.0 Å². The lowest BCUT2D eigenvalue weighted by Crippen LogP contribution is -2.35. The molecular formula is C24H32N4O3. The average Bonchev–Trinajstić information content (AvgIpc) is 3.25. The van der Waals surface area contributed by atoms with Crippen molar-refractivity contribution in [3.8, 4) is 11.5 Å². The molecule has 1 aliphatic carbocycles. The first-order valence-corrected chi connectivity index (χ1v) is 11.2. The van der Waals surface area contributed by atoms with Gasteiger partial charge in [-0.3, -0.25) is 4.79 Å². The molecule has 0 bridgehead atoms. The Bertz CT molecular complexity index is 939. The van der Waals surface area contributed by atoms with Gasteiger partial charge in [-0.15, -0.1) is 0 Å². The number of benzene rings is 1. The highest BCUT2D eigenvalue weighted by atomic mass is 16.5. The average molecular weight is 425 g/mol. The molecular weight excluding hydrogens is 392 g/mol. The van der Waals surface area contributed by atoms with Crippen LogP contribution in [0.3, 0.4) is 0 Å². The molecule has 7 nitrogen and oxygen atoms in total. The lowest BCUT2D eigenvalue weighted by atomic mass is 10.1. The van der Waals surface area contributed by atoms with Crippen molar-refractivity contribution in [1.82, 2.24) is 20.2 Å². The van der Waals surface area contributed by atoms with E-state index in [1.807, 2.05) is 6.07 Å². The van der Waals surface area contributed by atoms with Crippen LogP contribution in [0.15, 0.2) is 18.2 Å². The number of aromatic nitrogens is 2. The van der Waals surface area contributed by atoms with Gasteiger partial charge < -0.3 is 19.7 Å². The van der Waals surface area contributed by atoms with Gasteiger partial charge in [-0.1, -0.05) is 0 Å². The van der Waals surface area contributed by atoms with Gasteiger partial charge >= 0.3 is 0 Å². The molecule has 4 rings (SSSR count). The Kier molecular flexibility index (Phi) is 6.70. The number of piperidine rings is 1. The summed E-state index contributed by atoms with van der Waals surface area (Å²) in [6.07, 6.45) is 6.05. The highest BCUT2D eigenvalue weighted by molar-refractivity contribution is 5.94. The van der Waals surface area contributed by atoms with Gasteiger partial charge in [0.25, 0.3) is 5.91 Å². The van der Waals surface area contributed by atoms with E-state index in [9.17, 15) is 4.79 Å². The molecule has 1 amide bonds. The second kappa shape index (κ2) is 9.64. The normalized spacial score (nSPS) is 16.7. The van der Waals surface area contributed by atoms with Gasteiger partial charge in [0.15, 0.2) is 11.5 Å². The van der Waals surface area contributed by atoms with Crippen LogP contribution in [0.25, 0.3) is 0 Å². The minimum atomic E-state index is -0.137. The first kappa shape index (κ1) is 21.6. The maximum absolute atomic E-state index is 12.6. The summed E-state index contributed by atoms with van der Waals surface area (Å²) in [5.74, 6) is 1.94. The molecule has 0 spiro atoms. The predicted octanol–water partition coefficient (Wildman–Crippen LogP) is 2.73. The summed E-state index contributed by atoms with van der Waals surface area (Å²) in [5, 5.41) is 2.97. The molecule has 1 fully saturated rings. The lowest BCUT2D eigenvalue weighted by Gasteiger charge is -2.29. The van der Waals surface area contributed by atoms with E-state index in [0.717, 1.165) is 56.7 Å². The van der Waals surface area contributed by atoms with Crippen LogP contribution in [0.4, 0.5) is 0 Å². The number of likely N-dealkylation sites (tertiary alicyclic amines) is 1. The Morgan fingerprint density at radius 1 is 1.19 bits per heavy atom. The van der Waals surface area contributed by atoms with Crippen molar-refractivity contribution in [1.29, 1.82) is 0 Å². The molecule has 1 aromatic carbocycles. The smallest absolute Gasteiger partial charge is 0.251 e. The highest BCUT2D eigenvalue weighted by Gasteiger charge is 2.21. The van der Waals surface area contributed by atoms with E-state index in [0.29, 0.717) is 30.0 Å². The Morgan fingerprint density at radius 3 is 2.77 bits per heavy atom. The van der Waals surface area contributed by atoms with Crippen LogP contribution in [-0.4, -0.2) is 60.7 Å². The van der Waals surface area contributed by atoms with E-state index in [1.165, 1.54) is 11.3 Å². The number of carbonyl (C=O) groups excluding carboxylic acids is 1. The minimum absolute atomic E-state index is 0.137. The topological polar surface area (TPSA) is 76.6 Å². The van der Waals surface area contributed by atoms with Crippen LogP contribution in [0, 0.1) is 6.92 Å². The fourth-order valence-electron chi connectivity index (χ4n) is 4.37. The summed E-state index contributed by atoms with van der Waals surface area (Å²) in [6.45, 7) is 4.60. The van der Waals surface area contributed by atoms with Crippen molar-refractivity contribution in [3.63, 3.8) is 0 Å². The highest BCUT2D eigenvalue weighted by Crippen LogP contribution is 2.30. The Hall–Kier alpha value is -2.67. The monoisotopic (exact) mass is 424 g/mol. The minimum Gasteiger partial charge on any atom is -0.493 e. The second-order valence-electron chi connectivity index (χ2n) is 8.50. The van der Waals surface area contributed by atoms with Gasteiger partial charge in [0, 0.05) is 43.0 Å². The molecule has 1 aliphatic heterocycles. The molecule has 1 N–H and O–H groups in total. The summed E-state index contributed by atoms with van der Waals surface area (Å²) in [4.78, 5) is 24.2. The van der Waals surface area contributed by atoms with E-state index >= 15 is 0 Å².